The van der Waals surface area contributed by atoms with Gasteiger partial charge in [0.25, 0.3) is 0 Å². The van der Waals surface area contributed by atoms with Crippen LogP contribution in [-0.2, 0) is 16.1 Å². The molecule has 7 nitrogen and oxygen atoms in total. The molecule has 25 heavy (non-hydrogen) atoms. The van der Waals surface area contributed by atoms with Gasteiger partial charge in [-0.2, -0.15) is 0 Å². The number of ether oxygens (including phenoxy) is 2. The lowest BCUT2D eigenvalue weighted by Gasteiger charge is -2.32. The Balaban J connectivity index is 1.60. The molecule has 0 atom stereocenters. The quantitative estimate of drug-likeness (QED) is 0.464. The molecule has 0 unspecified atom stereocenters. The Morgan fingerprint density at radius 2 is 2.00 bits per heavy atom. The molecule has 2 rings (SSSR count). The van der Waals surface area contributed by atoms with Crippen molar-refractivity contribution in [1.29, 1.82) is 0 Å². The number of amides is 1. The number of hydrogen-bond donors (Lipinski definition) is 2. The van der Waals surface area contributed by atoms with E-state index >= 15 is 0 Å². The average molecular weight is 348 g/mol. The third-order valence-electron chi connectivity index (χ3n) is 4.14. The van der Waals surface area contributed by atoms with Crippen LogP contribution in [0.2, 0.25) is 0 Å². The Morgan fingerprint density at radius 3 is 2.64 bits per heavy atom. The molecule has 1 aliphatic rings. The smallest absolute Gasteiger partial charge is 0.409 e. The second-order valence-electron chi connectivity index (χ2n) is 5.91. The maximum atomic E-state index is 11.5. The Kier molecular flexibility index (Phi) is 8.04. The van der Waals surface area contributed by atoms with Crippen molar-refractivity contribution in [2.75, 3.05) is 40.4 Å². The predicted molar refractivity (Wildman–Crippen MR) is 97.6 cm³/mol. The van der Waals surface area contributed by atoms with Gasteiger partial charge in [-0.1, -0.05) is 30.3 Å². The lowest BCUT2D eigenvalue weighted by atomic mass is 10.1. The molecule has 0 saturated carbocycles. The van der Waals surface area contributed by atoms with E-state index in [4.69, 9.17) is 9.47 Å². The van der Waals surface area contributed by atoms with Gasteiger partial charge in [-0.05, 0) is 18.4 Å². The largest absolute Gasteiger partial charge is 0.453 e. The molecule has 1 aromatic carbocycles. The van der Waals surface area contributed by atoms with E-state index in [2.05, 4.69) is 27.8 Å². The molecule has 1 fully saturated rings. The molecule has 1 heterocycles. The summed E-state index contributed by atoms with van der Waals surface area (Å²) in [5.41, 5.74) is 1.17. The first-order chi connectivity index (χ1) is 12.2. The highest BCUT2D eigenvalue weighted by molar-refractivity contribution is 5.80. The van der Waals surface area contributed by atoms with Crippen LogP contribution in [0.15, 0.2) is 35.3 Å². The second kappa shape index (κ2) is 10.6. The fourth-order valence-corrected chi connectivity index (χ4v) is 2.73. The van der Waals surface area contributed by atoms with Crippen molar-refractivity contribution in [3.05, 3.63) is 35.9 Å². The lowest BCUT2D eigenvalue weighted by Crippen LogP contribution is -2.50. The van der Waals surface area contributed by atoms with Crippen LogP contribution in [0, 0.1) is 0 Å². The minimum absolute atomic E-state index is 0.253. The number of carbonyl (C=O) groups excluding carboxylic acids is 1. The molecule has 2 N–H and O–H groups in total. The SMILES string of the molecule is CN=C(NCCOCc1ccccc1)NC1CCN(C(=O)OC)CC1. The standard InChI is InChI=1S/C18H28N4O3/c1-19-17(20-10-13-25-14-15-6-4-3-5-7-15)21-16-8-11-22(12-9-16)18(23)24-2/h3-7,16H,8-14H2,1-2H3,(H2,19,20,21). The topological polar surface area (TPSA) is 75.2 Å². The highest BCUT2D eigenvalue weighted by Gasteiger charge is 2.23. The highest BCUT2D eigenvalue weighted by atomic mass is 16.5. The van der Waals surface area contributed by atoms with Gasteiger partial charge in [0.2, 0.25) is 0 Å². The van der Waals surface area contributed by atoms with Gasteiger partial charge in [0.15, 0.2) is 5.96 Å². The van der Waals surface area contributed by atoms with Gasteiger partial charge in [0, 0.05) is 32.7 Å². The Hall–Kier alpha value is -2.28. The molecule has 0 aromatic heterocycles. The molecular weight excluding hydrogens is 320 g/mol. The fourth-order valence-electron chi connectivity index (χ4n) is 2.73. The second-order valence-corrected chi connectivity index (χ2v) is 5.91. The molecule has 1 amide bonds. The van der Waals surface area contributed by atoms with Gasteiger partial charge in [0.1, 0.15) is 0 Å². The van der Waals surface area contributed by atoms with Crippen molar-refractivity contribution in [1.82, 2.24) is 15.5 Å². The molecule has 0 bridgehead atoms. The van der Waals surface area contributed by atoms with E-state index in [0.29, 0.717) is 38.9 Å². The van der Waals surface area contributed by atoms with Crippen molar-refractivity contribution in [3.8, 4) is 0 Å². The normalized spacial score (nSPS) is 15.8. The van der Waals surface area contributed by atoms with E-state index in [1.807, 2.05) is 18.2 Å². The number of piperidine rings is 1. The van der Waals surface area contributed by atoms with Crippen LogP contribution < -0.4 is 10.6 Å². The molecule has 1 aromatic rings. The summed E-state index contributed by atoms with van der Waals surface area (Å²) in [5.74, 6) is 0.764. The zero-order chi connectivity index (χ0) is 17.9. The molecule has 138 valence electrons. The Bertz CT molecular complexity index is 543. The zero-order valence-electron chi connectivity index (χ0n) is 15.0. The van der Waals surface area contributed by atoms with E-state index in [1.165, 1.54) is 12.7 Å². The first-order valence-corrected chi connectivity index (χ1v) is 8.64. The van der Waals surface area contributed by atoms with Gasteiger partial charge in [-0.15, -0.1) is 0 Å². The Labute approximate surface area is 149 Å². The van der Waals surface area contributed by atoms with E-state index in [0.717, 1.165) is 18.8 Å². The maximum absolute atomic E-state index is 11.5. The summed E-state index contributed by atoms with van der Waals surface area (Å²) in [5, 5.41) is 6.65. The van der Waals surface area contributed by atoms with E-state index in [9.17, 15) is 4.79 Å². The number of methoxy groups -OCH3 is 1. The third kappa shape index (κ3) is 6.62. The summed E-state index contributed by atoms with van der Waals surface area (Å²) in [6.07, 6.45) is 1.50. The summed E-state index contributed by atoms with van der Waals surface area (Å²) < 4.78 is 10.4. The molecule has 0 spiro atoms. The minimum atomic E-state index is -0.253. The number of hydrogen-bond acceptors (Lipinski definition) is 4. The summed E-state index contributed by atoms with van der Waals surface area (Å²) in [7, 11) is 3.17. The summed E-state index contributed by atoms with van der Waals surface area (Å²) in [6, 6.07) is 10.4. The molecular formula is C18H28N4O3. The van der Waals surface area contributed by atoms with Crippen molar-refractivity contribution < 1.29 is 14.3 Å². The van der Waals surface area contributed by atoms with Crippen LogP contribution in [0.5, 0.6) is 0 Å². The predicted octanol–water partition coefficient (Wildman–Crippen LogP) is 1.60. The number of nitrogens with zero attached hydrogens (tertiary/aromatic N) is 2. The van der Waals surface area contributed by atoms with Gasteiger partial charge in [-0.3, -0.25) is 4.99 Å². The van der Waals surface area contributed by atoms with Crippen molar-refractivity contribution >= 4 is 12.1 Å². The zero-order valence-corrected chi connectivity index (χ0v) is 15.0. The van der Waals surface area contributed by atoms with Crippen molar-refractivity contribution in [2.45, 2.75) is 25.5 Å². The van der Waals surface area contributed by atoms with Gasteiger partial charge in [-0.25, -0.2) is 4.79 Å². The first-order valence-electron chi connectivity index (χ1n) is 8.64. The summed E-state index contributed by atoms with van der Waals surface area (Å²) in [6.45, 7) is 3.30. The van der Waals surface area contributed by atoms with Crippen LogP contribution >= 0.6 is 0 Å². The molecule has 0 radical (unpaired) electrons. The lowest BCUT2D eigenvalue weighted by molar-refractivity contribution is 0.111. The highest BCUT2D eigenvalue weighted by Crippen LogP contribution is 2.11. The number of likely N-dealkylation sites (tertiary alicyclic amines) is 1. The Morgan fingerprint density at radius 1 is 1.28 bits per heavy atom. The van der Waals surface area contributed by atoms with Crippen LogP contribution in [0.4, 0.5) is 4.79 Å². The molecule has 7 heteroatoms. The van der Waals surface area contributed by atoms with Crippen molar-refractivity contribution in [2.24, 2.45) is 4.99 Å². The van der Waals surface area contributed by atoms with Crippen LogP contribution in [0.1, 0.15) is 18.4 Å². The van der Waals surface area contributed by atoms with E-state index in [1.54, 1.807) is 11.9 Å². The number of guanidine groups is 1. The van der Waals surface area contributed by atoms with Gasteiger partial charge in [0.05, 0.1) is 20.3 Å². The average Bonchev–Trinajstić information content (AvgIpc) is 2.67. The number of carbonyl (C=O) groups is 1. The first kappa shape index (κ1) is 19.1. The van der Waals surface area contributed by atoms with Crippen LogP contribution in [0.25, 0.3) is 0 Å². The fraction of sp³-hybridized carbons (Fsp3) is 0.556. The molecule has 1 saturated heterocycles. The maximum Gasteiger partial charge on any atom is 0.409 e. The summed E-state index contributed by atoms with van der Waals surface area (Å²) in [4.78, 5) is 17.5. The number of aliphatic imine (C=N–C) groups is 1. The third-order valence-corrected chi connectivity index (χ3v) is 4.14. The molecule has 1 aliphatic heterocycles. The van der Waals surface area contributed by atoms with Crippen LogP contribution in [-0.4, -0.2) is 63.4 Å². The summed E-state index contributed by atoms with van der Waals surface area (Å²) >= 11 is 0. The van der Waals surface area contributed by atoms with Gasteiger partial charge < -0.3 is 25.0 Å². The van der Waals surface area contributed by atoms with Crippen LogP contribution in [0.3, 0.4) is 0 Å². The van der Waals surface area contributed by atoms with E-state index < -0.39 is 0 Å². The van der Waals surface area contributed by atoms with E-state index in [-0.39, 0.29) is 6.09 Å². The van der Waals surface area contributed by atoms with Gasteiger partial charge >= 0.3 is 6.09 Å². The number of nitrogens with one attached hydrogen (secondary N) is 2. The molecule has 0 aliphatic carbocycles. The monoisotopic (exact) mass is 348 g/mol. The van der Waals surface area contributed by atoms with Crippen molar-refractivity contribution in [3.63, 3.8) is 0 Å². The number of benzene rings is 1. The number of rotatable bonds is 6. The minimum Gasteiger partial charge on any atom is -0.453 e.